The molecule has 7 heteroatoms. The normalized spacial score (nSPS) is 12.0. The maximum absolute atomic E-state index is 12.4. The van der Waals surface area contributed by atoms with Crippen molar-refractivity contribution in [3.8, 4) is 0 Å². The number of hydrogen-bond acceptors (Lipinski definition) is 4. The lowest BCUT2D eigenvalue weighted by Gasteiger charge is -2.15. The Balaban J connectivity index is 2.21. The zero-order valence-corrected chi connectivity index (χ0v) is 13.6. The van der Waals surface area contributed by atoms with E-state index in [2.05, 4.69) is 4.98 Å². The molecule has 0 unspecified atom stereocenters. The van der Waals surface area contributed by atoms with Crippen LogP contribution in [0.15, 0.2) is 34.5 Å². The molecule has 0 spiro atoms. The van der Waals surface area contributed by atoms with Crippen LogP contribution < -0.4 is 0 Å². The number of halogens is 1. The van der Waals surface area contributed by atoms with Crippen LogP contribution >= 0.6 is 22.9 Å². The summed E-state index contributed by atoms with van der Waals surface area (Å²) >= 11 is 6.91. The molecule has 0 atom stereocenters. The molecule has 0 aliphatic rings. The largest absolute Gasteiger partial charge is 0.257 e. The Hall–Kier alpha value is -0.950. The first-order valence-corrected chi connectivity index (χ1v) is 8.76. The molecule has 2 aromatic rings. The summed E-state index contributed by atoms with van der Waals surface area (Å²) in [5.41, 5.74) is 1.60. The number of rotatable bonds is 5. The van der Waals surface area contributed by atoms with Gasteiger partial charge in [-0.05, 0) is 31.2 Å². The minimum atomic E-state index is -3.49. The Labute approximate surface area is 128 Å². The van der Waals surface area contributed by atoms with E-state index in [0.29, 0.717) is 10.1 Å². The molecule has 0 saturated carbocycles. The second kappa shape index (κ2) is 6.22. The summed E-state index contributed by atoms with van der Waals surface area (Å²) < 4.78 is 26.4. The summed E-state index contributed by atoms with van der Waals surface area (Å²) in [6.07, 6.45) is 0. The lowest BCUT2D eigenvalue weighted by molar-refractivity contribution is 0.463. The van der Waals surface area contributed by atoms with E-state index < -0.39 is 10.0 Å². The van der Waals surface area contributed by atoms with Crippen molar-refractivity contribution in [1.82, 2.24) is 9.29 Å². The van der Waals surface area contributed by atoms with Gasteiger partial charge in [0.25, 0.3) is 10.0 Å². The van der Waals surface area contributed by atoms with Crippen LogP contribution in [-0.4, -0.2) is 24.8 Å². The Morgan fingerprint density at radius 3 is 2.65 bits per heavy atom. The molecule has 2 rings (SSSR count). The number of hydrogen-bond donors (Lipinski definition) is 0. The van der Waals surface area contributed by atoms with Crippen molar-refractivity contribution in [3.63, 3.8) is 0 Å². The van der Waals surface area contributed by atoms with Gasteiger partial charge in [-0.3, -0.25) is 4.98 Å². The second-order valence-electron chi connectivity index (χ2n) is 4.39. The number of aromatic nitrogens is 1. The van der Waals surface area contributed by atoms with E-state index in [-0.39, 0.29) is 6.54 Å². The molecule has 4 nitrogen and oxygen atoms in total. The highest BCUT2D eigenvalue weighted by Crippen LogP contribution is 2.26. The Morgan fingerprint density at radius 1 is 1.30 bits per heavy atom. The molecule has 0 aromatic carbocycles. The molecule has 0 fully saturated rings. The maximum atomic E-state index is 12.4. The summed E-state index contributed by atoms with van der Waals surface area (Å²) in [4.78, 5) is 5.16. The maximum Gasteiger partial charge on any atom is 0.252 e. The van der Waals surface area contributed by atoms with E-state index in [0.717, 1.165) is 16.3 Å². The SMILES string of the molecule is Cc1cccc(CN(C)S(=O)(=O)c2ccc(CCl)s2)n1. The monoisotopic (exact) mass is 330 g/mol. The molecular formula is C13H15ClN2O2S2. The van der Waals surface area contributed by atoms with E-state index in [1.54, 1.807) is 19.2 Å². The number of alkyl halides is 1. The summed E-state index contributed by atoms with van der Waals surface area (Å²) in [6.45, 7) is 2.13. The first-order chi connectivity index (χ1) is 9.43. The van der Waals surface area contributed by atoms with Crippen molar-refractivity contribution >= 4 is 33.0 Å². The highest BCUT2D eigenvalue weighted by atomic mass is 35.5. The predicted octanol–water partition coefficient (Wildman–Crippen LogP) is 3.01. The first kappa shape index (κ1) is 15.4. The van der Waals surface area contributed by atoms with Gasteiger partial charge in [-0.2, -0.15) is 4.31 Å². The second-order valence-corrected chi connectivity index (χ2v) is 8.09. The highest BCUT2D eigenvalue weighted by molar-refractivity contribution is 7.91. The lowest BCUT2D eigenvalue weighted by atomic mass is 10.3. The molecule has 0 amide bonds. The third-order valence-electron chi connectivity index (χ3n) is 2.76. The highest BCUT2D eigenvalue weighted by Gasteiger charge is 2.23. The van der Waals surface area contributed by atoms with Gasteiger partial charge in [0.15, 0.2) is 0 Å². The number of aryl methyl sites for hydroxylation is 1. The molecule has 2 aromatic heterocycles. The van der Waals surface area contributed by atoms with Gasteiger partial charge in [-0.15, -0.1) is 22.9 Å². The number of thiophene rings is 1. The third-order valence-corrected chi connectivity index (χ3v) is 6.57. The summed E-state index contributed by atoms with van der Waals surface area (Å²) in [5, 5.41) is 0. The van der Waals surface area contributed by atoms with Crippen LogP contribution in [0.4, 0.5) is 0 Å². The average molecular weight is 331 g/mol. The van der Waals surface area contributed by atoms with Crippen LogP contribution in [0.3, 0.4) is 0 Å². The van der Waals surface area contributed by atoms with Gasteiger partial charge in [0.2, 0.25) is 0 Å². The van der Waals surface area contributed by atoms with Crippen LogP contribution in [0.1, 0.15) is 16.3 Å². The Morgan fingerprint density at radius 2 is 2.05 bits per heavy atom. The molecule has 0 bridgehead atoms. The number of pyridine rings is 1. The van der Waals surface area contributed by atoms with E-state index in [4.69, 9.17) is 11.6 Å². The van der Waals surface area contributed by atoms with Gasteiger partial charge in [0.1, 0.15) is 4.21 Å². The van der Waals surface area contributed by atoms with Crippen molar-refractivity contribution < 1.29 is 8.42 Å². The van der Waals surface area contributed by atoms with Crippen molar-refractivity contribution in [3.05, 3.63) is 46.6 Å². The third kappa shape index (κ3) is 3.38. The van der Waals surface area contributed by atoms with E-state index in [1.165, 1.54) is 15.6 Å². The minimum Gasteiger partial charge on any atom is -0.257 e. The fraction of sp³-hybridized carbons (Fsp3) is 0.308. The van der Waals surface area contributed by atoms with Crippen LogP contribution in [0.25, 0.3) is 0 Å². The molecule has 0 saturated heterocycles. The van der Waals surface area contributed by atoms with Crippen LogP contribution in [0.2, 0.25) is 0 Å². The molecule has 0 radical (unpaired) electrons. The van der Waals surface area contributed by atoms with Crippen molar-refractivity contribution in [2.45, 2.75) is 23.6 Å². The zero-order valence-electron chi connectivity index (χ0n) is 11.2. The lowest BCUT2D eigenvalue weighted by Crippen LogP contribution is -2.26. The average Bonchev–Trinajstić information content (AvgIpc) is 2.88. The Bertz CT molecular complexity index is 698. The molecular weight excluding hydrogens is 316 g/mol. The Kier molecular flexibility index (Phi) is 4.80. The quantitative estimate of drug-likeness (QED) is 0.792. The summed E-state index contributed by atoms with van der Waals surface area (Å²) in [6, 6.07) is 8.90. The molecule has 2 heterocycles. The zero-order chi connectivity index (χ0) is 14.8. The van der Waals surface area contributed by atoms with Gasteiger partial charge in [0, 0.05) is 17.6 Å². The smallest absolute Gasteiger partial charge is 0.252 e. The van der Waals surface area contributed by atoms with Gasteiger partial charge in [0.05, 0.1) is 18.1 Å². The fourth-order valence-electron chi connectivity index (χ4n) is 1.72. The van der Waals surface area contributed by atoms with Gasteiger partial charge < -0.3 is 0 Å². The molecule has 0 aliphatic carbocycles. The minimum absolute atomic E-state index is 0.248. The van der Waals surface area contributed by atoms with Gasteiger partial charge in [-0.1, -0.05) is 6.07 Å². The van der Waals surface area contributed by atoms with Gasteiger partial charge >= 0.3 is 0 Å². The topological polar surface area (TPSA) is 50.3 Å². The van der Waals surface area contributed by atoms with Crippen LogP contribution in [0.5, 0.6) is 0 Å². The first-order valence-electron chi connectivity index (χ1n) is 5.97. The molecule has 0 aliphatic heterocycles. The van der Waals surface area contributed by atoms with E-state index in [9.17, 15) is 8.42 Å². The van der Waals surface area contributed by atoms with Crippen LogP contribution in [-0.2, 0) is 22.4 Å². The van der Waals surface area contributed by atoms with Crippen molar-refractivity contribution in [2.24, 2.45) is 0 Å². The van der Waals surface area contributed by atoms with Crippen LogP contribution in [0, 0.1) is 6.92 Å². The molecule has 108 valence electrons. The van der Waals surface area contributed by atoms with Crippen molar-refractivity contribution in [2.75, 3.05) is 7.05 Å². The van der Waals surface area contributed by atoms with Gasteiger partial charge in [-0.25, -0.2) is 8.42 Å². The van der Waals surface area contributed by atoms with Crippen molar-refractivity contribution in [1.29, 1.82) is 0 Å². The molecule has 20 heavy (non-hydrogen) atoms. The molecule has 0 N–H and O–H groups in total. The summed E-state index contributed by atoms with van der Waals surface area (Å²) in [5.74, 6) is 0.323. The van der Waals surface area contributed by atoms with E-state index in [1.807, 2.05) is 25.1 Å². The predicted molar refractivity (Wildman–Crippen MR) is 81.5 cm³/mol. The summed E-state index contributed by atoms with van der Waals surface area (Å²) in [7, 11) is -1.93. The van der Waals surface area contributed by atoms with E-state index >= 15 is 0 Å². The number of sulfonamides is 1. The number of nitrogens with zero attached hydrogens (tertiary/aromatic N) is 2. The fourth-order valence-corrected chi connectivity index (χ4v) is 4.53. The standard InChI is InChI=1S/C13H15ClN2O2S2/c1-10-4-3-5-11(15-10)9-16(2)20(17,18)13-7-6-12(8-14)19-13/h3-7H,8-9H2,1-2H3.